The Morgan fingerprint density at radius 3 is 2.19 bits per heavy atom. The highest BCUT2D eigenvalue weighted by Crippen LogP contribution is 2.38. The van der Waals surface area contributed by atoms with Crippen molar-refractivity contribution >= 4 is 31.2 Å². The zero-order chi connectivity index (χ0) is 23.7. The molecule has 1 heterocycles. The van der Waals surface area contributed by atoms with Crippen LogP contribution >= 0.6 is 0 Å². The Kier molecular flexibility index (Phi) is 6.75. The maximum Gasteiger partial charge on any atom is 0.407 e. The van der Waals surface area contributed by atoms with E-state index >= 15 is 4.39 Å². The molecule has 0 aromatic heterocycles. The lowest BCUT2D eigenvalue weighted by molar-refractivity contribution is -0.117. The lowest BCUT2D eigenvalue weighted by Gasteiger charge is -2.34. The molecule has 32 heavy (non-hydrogen) atoms. The molecule has 1 aliphatic heterocycles. The maximum atomic E-state index is 15.2. The molecule has 0 radical (unpaired) electrons. The monoisotopic (exact) mass is 494 g/mol. The van der Waals surface area contributed by atoms with E-state index < -0.39 is 49.8 Å². The number of hydrogen-bond acceptors (Lipinski definition) is 5. The summed E-state index contributed by atoms with van der Waals surface area (Å²) in [4.78, 5) is 1.40. The van der Waals surface area contributed by atoms with Gasteiger partial charge in [-0.25, -0.2) is 21.2 Å². The number of anilines is 2. The van der Waals surface area contributed by atoms with E-state index in [-0.39, 0.29) is 45.7 Å². The van der Waals surface area contributed by atoms with Gasteiger partial charge in [-0.05, 0) is 24.1 Å². The van der Waals surface area contributed by atoms with Crippen molar-refractivity contribution in [3.63, 3.8) is 0 Å². The molecule has 176 valence electrons. The van der Waals surface area contributed by atoms with Crippen molar-refractivity contribution in [3.8, 4) is 0 Å². The highest BCUT2D eigenvalue weighted by Gasteiger charge is 2.40. The minimum absolute atomic E-state index is 0.0320. The first kappa shape index (κ1) is 24.3. The van der Waals surface area contributed by atoms with E-state index in [4.69, 9.17) is 0 Å². The van der Waals surface area contributed by atoms with Gasteiger partial charge in [-0.3, -0.25) is 4.31 Å². The van der Waals surface area contributed by atoms with Crippen LogP contribution in [0, 0.1) is 12.7 Å². The van der Waals surface area contributed by atoms with Gasteiger partial charge in [0, 0.05) is 13.1 Å². The number of sulfone groups is 1. The quantitative estimate of drug-likeness (QED) is 0.577. The fraction of sp³-hybridized carbons (Fsp3) is 0.400. The third kappa shape index (κ3) is 5.71. The first-order valence-electron chi connectivity index (χ1n) is 9.65. The highest BCUT2D eigenvalue weighted by molar-refractivity contribution is 7.92. The van der Waals surface area contributed by atoms with E-state index in [1.807, 2.05) is 0 Å². The SMILES string of the molecule is Cc1ccc(N2CCS(=O)(=O)CC2)c(N(CC(F)(F)F)S(=O)(=O)Cc2ccccc2)c1F. The Balaban J connectivity index is 2.13. The number of alkyl halides is 3. The molecule has 1 aliphatic rings. The molecule has 0 aliphatic carbocycles. The van der Waals surface area contributed by atoms with E-state index in [1.165, 1.54) is 36.1 Å². The van der Waals surface area contributed by atoms with Gasteiger partial charge in [0.05, 0.1) is 22.9 Å². The first-order chi connectivity index (χ1) is 14.8. The molecule has 12 heteroatoms. The largest absolute Gasteiger partial charge is 0.407 e. The van der Waals surface area contributed by atoms with E-state index in [0.29, 0.717) is 0 Å². The van der Waals surface area contributed by atoms with Gasteiger partial charge in [-0.15, -0.1) is 0 Å². The molecule has 2 aromatic carbocycles. The summed E-state index contributed by atoms with van der Waals surface area (Å²) >= 11 is 0. The molecule has 2 aromatic rings. The molecule has 0 N–H and O–H groups in total. The lowest BCUT2D eigenvalue weighted by atomic mass is 10.1. The average Bonchev–Trinajstić information content (AvgIpc) is 2.68. The van der Waals surface area contributed by atoms with Crippen LogP contribution < -0.4 is 9.21 Å². The summed E-state index contributed by atoms with van der Waals surface area (Å²) in [6, 6.07) is 10.3. The molecule has 6 nitrogen and oxygen atoms in total. The minimum atomic E-state index is -4.94. The molecule has 0 bridgehead atoms. The average molecular weight is 495 g/mol. The number of nitrogens with zero attached hydrogens (tertiary/aromatic N) is 2. The van der Waals surface area contributed by atoms with Crippen molar-refractivity contribution in [2.45, 2.75) is 18.9 Å². The number of halogens is 4. The Bertz CT molecular complexity index is 1170. The van der Waals surface area contributed by atoms with Gasteiger partial charge in [-0.1, -0.05) is 36.4 Å². The van der Waals surface area contributed by atoms with Crippen molar-refractivity contribution in [1.82, 2.24) is 0 Å². The molecule has 3 rings (SSSR count). The summed E-state index contributed by atoms with van der Waals surface area (Å²) in [5.74, 6) is -2.39. The van der Waals surface area contributed by atoms with E-state index in [1.54, 1.807) is 18.2 Å². The summed E-state index contributed by atoms with van der Waals surface area (Å²) in [5, 5.41) is 0. The number of hydrogen-bond donors (Lipinski definition) is 0. The second-order valence-corrected chi connectivity index (χ2v) is 11.8. The molecule has 0 saturated carbocycles. The second kappa shape index (κ2) is 8.89. The summed E-state index contributed by atoms with van der Waals surface area (Å²) in [6.45, 7) is -0.770. The Hall–Kier alpha value is -2.34. The normalized spacial score (nSPS) is 16.7. The molecule has 1 saturated heterocycles. The topological polar surface area (TPSA) is 74.8 Å². The van der Waals surface area contributed by atoms with E-state index in [9.17, 15) is 30.0 Å². The molecule has 0 amide bonds. The predicted molar refractivity (Wildman–Crippen MR) is 114 cm³/mol. The summed E-state index contributed by atoms with van der Waals surface area (Å²) in [7, 11) is -7.98. The van der Waals surface area contributed by atoms with Gasteiger partial charge in [0.2, 0.25) is 10.0 Å². The number of aryl methyl sites for hydroxylation is 1. The van der Waals surface area contributed by atoms with E-state index in [0.717, 1.165) is 0 Å². The van der Waals surface area contributed by atoms with Crippen molar-refractivity contribution in [3.05, 3.63) is 59.4 Å². The number of sulfonamides is 1. The Morgan fingerprint density at radius 1 is 1.03 bits per heavy atom. The molecule has 0 atom stereocenters. The third-order valence-corrected chi connectivity index (χ3v) is 8.36. The van der Waals surface area contributed by atoms with Crippen LogP contribution in [0.3, 0.4) is 0 Å². The van der Waals surface area contributed by atoms with E-state index in [2.05, 4.69) is 0 Å². The van der Waals surface area contributed by atoms with Crippen LogP contribution in [0.1, 0.15) is 11.1 Å². The van der Waals surface area contributed by atoms with Crippen LogP contribution in [0.5, 0.6) is 0 Å². The van der Waals surface area contributed by atoms with Crippen LogP contribution in [-0.4, -0.2) is 54.2 Å². The number of benzene rings is 2. The fourth-order valence-electron chi connectivity index (χ4n) is 3.44. The fourth-order valence-corrected chi connectivity index (χ4v) is 6.21. The van der Waals surface area contributed by atoms with Crippen molar-refractivity contribution in [2.75, 3.05) is 40.3 Å². The smallest absolute Gasteiger partial charge is 0.368 e. The second-order valence-electron chi connectivity index (χ2n) is 7.57. The zero-order valence-corrected chi connectivity index (χ0v) is 18.8. The van der Waals surface area contributed by atoms with Gasteiger partial charge in [0.1, 0.15) is 12.2 Å². The summed E-state index contributed by atoms with van der Waals surface area (Å²) in [5.41, 5.74) is -0.602. The van der Waals surface area contributed by atoms with Gasteiger partial charge >= 0.3 is 6.18 Å². The lowest BCUT2D eigenvalue weighted by Crippen LogP contribution is -2.44. The van der Waals surface area contributed by atoms with Gasteiger partial charge in [0.15, 0.2) is 15.7 Å². The molecule has 1 fully saturated rings. The molecule has 0 unspecified atom stereocenters. The first-order valence-corrected chi connectivity index (χ1v) is 13.1. The molecule has 0 spiro atoms. The Morgan fingerprint density at radius 2 is 1.62 bits per heavy atom. The predicted octanol–water partition coefficient (Wildman–Crippen LogP) is 3.27. The maximum absolute atomic E-state index is 15.2. The third-order valence-electron chi connectivity index (χ3n) is 5.07. The number of rotatable bonds is 6. The standard InChI is InChI=1S/C20H22F4N2O4S2/c1-15-7-8-17(25-9-11-31(27,28)12-10-25)19(18(15)21)26(14-20(22,23)24)32(29,30)13-16-5-3-2-4-6-16/h2-8H,9-14H2,1H3. The van der Waals surface area contributed by atoms with Crippen LogP contribution in [0.2, 0.25) is 0 Å². The van der Waals surface area contributed by atoms with Gasteiger partial charge < -0.3 is 4.90 Å². The van der Waals surface area contributed by atoms with Crippen molar-refractivity contribution in [1.29, 1.82) is 0 Å². The van der Waals surface area contributed by atoms with Crippen LogP contribution in [0.4, 0.5) is 28.9 Å². The van der Waals surface area contributed by atoms with Crippen molar-refractivity contribution < 1.29 is 34.4 Å². The van der Waals surface area contributed by atoms with Crippen LogP contribution in [0.25, 0.3) is 0 Å². The van der Waals surface area contributed by atoms with Gasteiger partial charge in [0.25, 0.3) is 0 Å². The van der Waals surface area contributed by atoms with Gasteiger partial charge in [-0.2, -0.15) is 13.2 Å². The highest BCUT2D eigenvalue weighted by atomic mass is 32.2. The molecular weight excluding hydrogens is 472 g/mol. The minimum Gasteiger partial charge on any atom is -0.368 e. The van der Waals surface area contributed by atoms with Crippen molar-refractivity contribution in [2.24, 2.45) is 0 Å². The molecular formula is C20H22F4N2O4S2. The summed E-state index contributed by atoms with van der Waals surface area (Å²) in [6.07, 6.45) is -4.94. The zero-order valence-electron chi connectivity index (χ0n) is 17.1. The van der Waals surface area contributed by atoms with Crippen LogP contribution in [-0.2, 0) is 25.6 Å². The van der Waals surface area contributed by atoms with Crippen LogP contribution in [0.15, 0.2) is 42.5 Å². The Labute approximate surface area is 184 Å². The summed E-state index contributed by atoms with van der Waals surface area (Å²) < 4.78 is 105.